The predicted octanol–water partition coefficient (Wildman–Crippen LogP) is -0.798. The Balaban J connectivity index is 2.17. The van der Waals surface area contributed by atoms with E-state index in [9.17, 15) is 9.59 Å². The van der Waals surface area contributed by atoms with Crippen molar-refractivity contribution >= 4 is 11.9 Å². The van der Waals surface area contributed by atoms with Crippen LogP contribution in [0.3, 0.4) is 0 Å². The zero-order chi connectivity index (χ0) is 12.0. The third-order valence-electron chi connectivity index (χ3n) is 2.44. The Bertz CT molecular complexity index is 251. The molecule has 1 amide bonds. The summed E-state index contributed by atoms with van der Waals surface area (Å²) in [4.78, 5) is 21.9. The first kappa shape index (κ1) is 12.9. The van der Waals surface area contributed by atoms with E-state index >= 15 is 0 Å². The number of hydrogen-bond donors (Lipinski definition) is 3. The molecule has 3 N–H and O–H groups in total. The van der Waals surface area contributed by atoms with Crippen molar-refractivity contribution in [2.75, 3.05) is 26.2 Å². The van der Waals surface area contributed by atoms with E-state index in [-0.39, 0.29) is 25.0 Å². The molecule has 0 aromatic carbocycles. The number of carboxylic acid groups (broad SMARTS) is 1. The summed E-state index contributed by atoms with van der Waals surface area (Å²) >= 11 is 0. The molecule has 0 spiro atoms. The molecule has 0 bridgehead atoms. The number of carboxylic acids is 1. The minimum atomic E-state index is -0.907. The summed E-state index contributed by atoms with van der Waals surface area (Å²) in [5.41, 5.74) is 0. The van der Waals surface area contributed by atoms with Gasteiger partial charge in [0.2, 0.25) is 5.91 Å². The minimum absolute atomic E-state index is 0.103. The third-order valence-corrected chi connectivity index (χ3v) is 2.44. The van der Waals surface area contributed by atoms with Crippen LogP contribution in [-0.4, -0.2) is 49.3 Å². The lowest BCUT2D eigenvalue weighted by molar-refractivity contribution is -0.141. The van der Waals surface area contributed by atoms with Gasteiger partial charge in [-0.1, -0.05) is 6.92 Å². The Hall–Kier alpha value is -1.14. The lowest BCUT2D eigenvalue weighted by Crippen LogP contribution is -2.42. The predicted molar refractivity (Wildman–Crippen MR) is 57.0 cm³/mol. The highest BCUT2D eigenvalue weighted by Gasteiger charge is 2.18. The first-order valence-corrected chi connectivity index (χ1v) is 5.41. The van der Waals surface area contributed by atoms with Crippen LogP contribution in [-0.2, 0) is 14.3 Å². The van der Waals surface area contributed by atoms with Gasteiger partial charge in [-0.15, -0.1) is 0 Å². The van der Waals surface area contributed by atoms with Crippen molar-refractivity contribution in [3.8, 4) is 0 Å². The van der Waals surface area contributed by atoms with Crippen LogP contribution in [0, 0.1) is 5.92 Å². The molecule has 0 aromatic rings. The molecule has 1 aliphatic heterocycles. The van der Waals surface area contributed by atoms with Crippen LogP contribution < -0.4 is 10.6 Å². The van der Waals surface area contributed by atoms with Gasteiger partial charge in [0.05, 0.1) is 25.0 Å². The molecule has 1 fully saturated rings. The summed E-state index contributed by atoms with van der Waals surface area (Å²) in [6.45, 7) is 3.81. The second-order valence-electron chi connectivity index (χ2n) is 3.94. The van der Waals surface area contributed by atoms with Crippen LogP contribution >= 0.6 is 0 Å². The average Bonchev–Trinajstić information content (AvgIpc) is 2.27. The normalized spacial score (nSPS) is 22.4. The van der Waals surface area contributed by atoms with Gasteiger partial charge < -0.3 is 20.5 Å². The van der Waals surface area contributed by atoms with Crippen molar-refractivity contribution < 1.29 is 19.4 Å². The number of rotatable bonds is 5. The van der Waals surface area contributed by atoms with Gasteiger partial charge in [-0.25, -0.2) is 0 Å². The highest BCUT2D eigenvalue weighted by atomic mass is 16.5. The van der Waals surface area contributed by atoms with Crippen LogP contribution in [0.4, 0.5) is 0 Å². The van der Waals surface area contributed by atoms with E-state index in [1.807, 2.05) is 0 Å². The Morgan fingerprint density at radius 1 is 1.62 bits per heavy atom. The Kier molecular flexibility index (Phi) is 5.21. The maximum Gasteiger partial charge on any atom is 0.308 e. The quantitative estimate of drug-likeness (QED) is 0.575. The minimum Gasteiger partial charge on any atom is -0.481 e. The summed E-state index contributed by atoms with van der Waals surface area (Å²) in [5, 5.41) is 14.3. The fourth-order valence-corrected chi connectivity index (χ4v) is 1.38. The first-order chi connectivity index (χ1) is 7.59. The molecule has 2 unspecified atom stereocenters. The molecule has 1 aliphatic rings. The molecule has 16 heavy (non-hydrogen) atoms. The maximum absolute atomic E-state index is 11.4. The fourth-order valence-electron chi connectivity index (χ4n) is 1.38. The van der Waals surface area contributed by atoms with Crippen molar-refractivity contribution in [3.05, 3.63) is 0 Å². The molecule has 6 heteroatoms. The largest absolute Gasteiger partial charge is 0.481 e. The topological polar surface area (TPSA) is 87.7 Å². The van der Waals surface area contributed by atoms with Gasteiger partial charge in [-0.05, 0) is 0 Å². The van der Waals surface area contributed by atoms with E-state index in [1.54, 1.807) is 6.92 Å². The summed E-state index contributed by atoms with van der Waals surface area (Å²) in [6, 6.07) is 0. The van der Waals surface area contributed by atoms with Crippen molar-refractivity contribution in [3.63, 3.8) is 0 Å². The number of morpholine rings is 1. The smallest absolute Gasteiger partial charge is 0.308 e. The fraction of sp³-hybridized carbons (Fsp3) is 0.800. The summed E-state index contributed by atoms with van der Waals surface area (Å²) in [6.07, 6.45) is 0.174. The second-order valence-corrected chi connectivity index (χ2v) is 3.94. The highest BCUT2D eigenvalue weighted by Crippen LogP contribution is 2.01. The summed E-state index contributed by atoms with van der Waals surface area (Å²) in [7, 11) is 0. The molecular formula is C10H18N2O4. The number of ether oxygens (including phenoxy) is 1. The number of carbonyl (C=O) groups excluding carboxylic acids is 1. The van der Waals surface area contributed by atoms with Crippen molar-refractivity contribution in [1.82, 2.24) is 10.6 Å². The van der Waals surface area contributed by atoms with E-state index in [2.05, 4.69) is 10.6 Å². The standard InChI is InChI=1S/C10H18N2O4/c1-7(10(14)15)5-12-9(13)4-8-6-11-2-3-16-8/h7-8,11H,2-6H2,1H3,(H,12,13)(H,14,15). The molecule has 0 saturated carbocycles. The zero-order valence-corrected chi connectivity index (χ0v) is 9.36. The van der Waals surface area contributed by atoms with Crippen molar-refractivity contribution in [2.24, 2.45) is 5.92 Å². The Morgan fingerprint density at radius 2 is 2.38 bits per heavy atom. The lowest BCUT2D eigenvalue weighted by Gasteiger charge is -2.23. The SMILES string of the molecule is CC(CNC(=O)CC1CNCCO1)C(=O)O. The van der Waals surface area contributed by atoms with E-state index in [0.717, 1.165) is 6.54 Å². The lowest BCUT2D eigenvalue weighted by atomic mass is 10.1. The highest BCUT2D eigenvalue weighted by molar-refractivity contribution is 5.77. The van der Waals surface area contributed by atoms with Gasteiger partial charge >= 0.3 is 5.97 Å². The van der Waals surface area contributed by atoms with Gasteiger partial charge in [-0.3, -0.25) is 9.59 Å². The molecule has 1 heterocycles. The molecular weight excluding hydrogens is 212 g/mol. The van der Waals surface area contributed by atoms with E-state index in [0.29, 0.717) is 13.2 Å². The van der Waals surface area contributed by atoms with Gasteiger partial charge in [-0.2, -0.15) is 0 Å². The van der Waals surface area contributed by atoms with Gasteiger partial charge in [0.25, 0.3) is 0 Å². The average molecular weight is 230 g/mol. The van der Waals surface area contributed by atoms with Crippen LogP contribution in [0.15, 0.2) is 0 Å². The van der Waals surface area contributed by atoms with E-state index in [4.69, 9.17) is 9.84 Å². The zero-order valence-electron chi connectivity index (χ0n) is 9.36. The van der Waals surface area contributed by atoms with E-state index < -0.39 is 11.9 Å². The molecule has 1 saturated heterocycles. The Morgan fingerprint density at radius 3 is 2.94 bits per heavy atom. The van der Waals surface area contributed by atoms with Gasteiger partial charge in [0.1, 0.15) is 0 Å². The molecule has 0 aliphatic carbocycles. The summed E-state index contributed by atoms with van der Waals surface area (Å²) in [5.74, 6) is -1.63. The number of hydrogen-bond acceptors (Lipinski definition) is 4. The van der Waals surface area contributed by atoms with Crippen molar-refractivity contribution in [1.29, 1.82) is 0 Å². The van der Waals surface area contributed by atoms with Crippen LogP contribution in [0.2, 0.25) is 0 Å². The number of amides is 1. The molecule has 1 rings (SSSR count). The molecule has 2 atom stereocenters. The number of carbonyl (C=O) groups is 2. The maximum atomic E-state index is 11.4. The first-order valence-electron chi connectivity index (χ1n) is 5.41. The monoisotopic (exact) mass is 230 g/mol. The van der Waals surface area contributed by atoms with Crippen molar-refractivity contribution in [2.45, 2.75) is 19.4 Å². The molecule has 0 radical (unpaired) electrons. The number of nitrogens with one attached hydrogen (secondary N) is 2. The van der Waals surface area contributed by atoms with Crippen LogP contribution in [0.25, 0.3) is 0 Å². The molecule has 0 aromatic heterocycles. The van der Waals surface area contributed by atoms with Gasteiger partial charge in [0, 0.05) is 19.6 Å². The summed E-state index contributed by atoms with van der Waals surface area (Å²) < 4.78 is 5.36. The Labute approximate surface area is 94.3 Å². The second kappa shape index (κ2) is 6.44. The van der Waals surface area contributed by atoms with Crippen LogP contribution in [0.1, 0.15) is 13.3 Å². The van der Waals surface area contributed by atoms with E-state index in [1.165, 1.54) is 0 Å². The third kappa shape index (κ3) is 4.59. The van der Waals surface area contributed by atoms with Crippen LogP contribution in [0.5, 0.6) is 0 Å². The molecule has 92 valence electrons. The molecule has 6 nitrogen and oxygen atoms in total. The number of aliphatic carboxylic acids is 1. The van der Waals surface area contributed by atoms with Gasteiger partial charge in [0.15, 0.2) is 0 Å².